The maximum absolute atomic E-state index is 12.7. The second kappa shape index (κ2) is 8.69. The Labute approximate surface area is 203 Å². The SMILES string of the molecule is Cc1cc(C)c(-c2csc(NC(=O)CSc3nnc4n(C)c(=O)c5ccccc5n34)n2)c(C)c1. The highest BCUT2D eigenvalue weighted by atomic mass is 32.2. The molecule has 0 aliphatic rings. The normalized spacial score (nSPS) is 11.4. The number of thiazole rings is 1. The van der Waals surface area contributed by atoms with E-state index in [1.165, 1.54) is 33.2 Å². The Morgan fingerprint density at radius 3 is 2.62 bits per heavy atom. The maximum Gasteiger partial charge on any atom is 0.262 e. The van der Waals surface area contributed by atoms with Gasteiger partial charge in [0.25, 0.3) is 5.56 Å². The minimum Gasteiger partial charge on any atom is -0.301 e. The van der Waals surface area contributed by atoms with Crippen molar-refractivity contribution < 1.29 is 4.79 Å². The number of carbonyl (C=O) groups is 1. The summed E-state index contributed by atoms with van der Waals surface area (Å²) in [6.07, 6.45) is 0. The molecule has 2 aromatic carbocycles. The molecule has 0 aliphatic carbocycles. The van der Waals surface area contributed by atoms with Crippen molar-refractivity contribution in [1.29, 1.82) is 0 Å². The summed E-state index contributed by atoms with van der Waals surface area (Å²) in [6, 6.07) is 11.6. The number of rotatable bonds is 5. The average Bonchev–Trinajstić information content (AvgIpc) is 3.43. The van der Waals surface area contributed by atoms with E-state index in [0.29, 0.717) is 27.0 Å². The van der Waals surface area contributed by atoms with E-state index in [9.17, 15) is 9.59 Å². The molecule has 1 N–H and O–H groups in total. The molecular weight excluding hydrogens is 468 g/mol. The number of carbonyl (C=O) groups excluding carboxylic acids is 1. The second-order valence-electron chi connectivity index (χ2n) is 8.15. The van der Waals surface area contributed by atoms with Crippen LogP contribution < -0.4 is 10.9 Å². The molecule has 0 unspecified atom stereocenters. The molecule has 172 valence electrons. The predicted molar refractivity (Wildman–Crippen MR) is 137 cm³/mol. The third-order valence-electron chi connectivity index (χ3n) is 5.61. The van der Waals surface area contributed by atoms with E-state index in [0.717, 1.165) is 22.4 Å². The van der Waals surface area contributed by atoms with Crippen LogP contribution in [0.1, 0.15) is 16.7 Å². The average molecular weight is 491 g/mol. The van der Waals surface area contributed by atoms with Gasteiger partial charge in [0.15, 0.2) is 10.3 Å². The molecule has 1 amide bonds. The molecule has 0 fully saturated rings. The molecule has 0 bridgehead atoms. The molecule has 0 saturated heterocycles. The third kappa shape index (κ3) is 3.88. The fraction of sp³-hybridized carbons (Fsp3) is 0.208. The Kier molecular flexibility index (Phi) is 5.70. The number of fused-ring (bicyclic) bond motifs is 3. The van der Waals surface area contributed by atoms with Crippen molar-refractivity contribution in [3.05, 3.63) is 68.8 Å². The van der Waals surface area contributed by atoms with Crippen LogP contribution in [0.5, 0.6) is 0 Å². The van der Waals surface area contributed by atoms with E-state index in [2.05, 4.69) is 53.4 Å². The standard InChI is InChI=1S/C24H22N6O2S2/c1-13-9-14(2)20(15(3)10-13)17-11-33-22(25-17)26-19(31)12-34-24-28-27-23-29(4)21(32)16-7-5-6-8-18(16)30(23)24/h5-11H,12H2,1-4H3,(H,25,26,31). The summed E-state index contributed by atoms with van der Waals surface area (Å²) in [5, 5.41) is 14.9. The van der Waals surface area contributed by atoms with Gasteiger partial charge >= 0.3 is 0 Å². The summed E-state index contributed by atoms with van der Waals surface area (Å²) in [5.74, 6) is 0.379. The molecular formula is C24H22N6O2S2. The van der Waals surface area contributed by atoms with Gasteiger partial charge in [-0.2, -0.15) is 0 Å². The molecule has 3 aromatic heterocycles. The van der Waals surface area contributed by atoms with Gasteiger partial charge in [0.05, 0.1) is 22.3 Å². The van der Waals surface area contributed by atoms with Gasteiger partial charge in [-0.3, -0.25) is 18.6 Å². The molecule has 5 aromatic rings. The zero-order valence-electron chi connectivity index (χ0n) is 19.1. The number of nitrogens with one attached hydrogen (secondary N) is 1. The van der Waals surface area contributed by atoms with E-state index in [-0.39, 0.29) is 17.2 Å². The Bertz CT molecular complexity index is 1610. The summed E-state index contributed by atoms with van der Waals surface area (Å²) < 4.78 is 3.27. The largest absolute Gasteiger partial charge is 0.301 e. The van der Waals surface area contributed by atoms with Crippen LogP contribution in [0.15, 0.2) is 51.7 Å². The maximum atomic E-state index is 12.7. The highest BCUT2D eigenvalue weighted by Crippen LogP contribution is 2.31. The monoisotopic (exact) mass is 490 g/mol. The highest BCUT2D eigenvalue weighted by Gasteiger charge is 2.17. The molecule has 0 atom stereocenters. The molecule has 0 spiro atoms. The summed E-state index contributed by atoms with van der Waals surface area (Å²) in [5.41, 5.74) is 6.08. The number of para-hydroxylation sites is 1. The van der Waals surface area contributed by atoms with Crippen LogP contribution in [0.25, 0.3) is 27.9 Å². The molecule has 3 heterocycles. The van der Waals surface area contributed by atoms with E-state index < -0.39 is 0 Å². The molecule has 5 rings (SSSR count). The minimum absolute atomic E-state index is 0.134. The van der Waals surface area contributed by atoms with Gasteiger partial charge in [0, 0.05) is 18.0 Å². The predicted octanol–water partition coefficient (Wildman–Crippen LogP) is 4.36. The zero-order valence-corrected chi connectivity index (χ0v) is 20.8. The van der Waals surface area contributed by atoms with Crippen molar-refractivity contribution in [3.8, 4) is 11.3 Å². The molecule has 34 heavy (non-hydrogen) atoms. The van der Waals surface area contributed by atoms with Crippen LogP contribution in [0.4, 0.5) is 5.13 Å². The lowest BCUT2D eigenvalue weighted by atomic mass is 9.98. The number of nitrogens with zero attached hydrogens (tertiary/aromatic N) is 5. The Morgan fingerprint density at radius 1 is 1.12 bits per heavy atom. The molecule has 0 saturated carbocycles. The first-order chi connectivity index (χ1) is 16.3. The van der Waals surface area contributed by atoms with Gasteiger partial charge in [-0.05, 0) is 44.0 Å². The number of aromatic nitrogens is 5. The molecule has 8 nitrogen and oxygen atoms in total. The number of benzene rings is 2. The number of hydrogen-bond donors (Lipinski definition) is 1. The molecule has 10 heteroatoms. The fourth-order valence-electron chi connectivity index (χ4n) is 4.22. The van der Waals surface area contributed by atoms with Gasteiger partial charge < -0.3 is 5.32 Å². The molecule has 0 radical (unpaired) electrons. The quantitative estimate of drug-likeness (QED) is 0.368. The Hall–Kier alpha value is -3.50. The van der Waals surface area contributed by atoms with Crippen LogP contribution >= 0.6 is 23.1 Å². The number of anilines is 1. The first kappa shape index (κ1) is 22.3. The van der Waals surface area contributed by atoms with E-state index in [1.54, 1.807) is 17.5 Å². The zero-order chi connectivity index (χ0) is 24.0. The van der Waals surface area contributed by atoms with Crippen LogP contribution in [0.3, 0.4) is 0 Å². The van der Waals surface area contributed by atoms with Gasteiger partial charge in [0.2, 0.25) is 11.7 Å². The van der Waals surface area contributed by atoms with Crippen molar-refractivity contribution in [3.63, 3.8) is 0 Å². The lowest BCUT2D eigenvalue weighted by molar-refractivity contribution is -0.113. The first-order valence-electron chi connectivity index (χ1n) is 10.6. The van der Waals surface area contributed by atoms with Crippen molar-refractivity contribution in [2.75, 3.05) is 11.1 Å². The van der Waals surface area contributed by atoms with E-state index in [1.807, 2.05) is 23.6 Å². The summed E-state index contributed by atoms with van der Waals surface area (Å²) in [4.78, 5) is 29.9. The number of aryl methyl sites for hydroxylation is 4. The van der Waals surface area contributed by atoms with E-state index >= 15 is 0 Å². The second-order valence-corrected chi connectivity index (χ2v) is 9.95. The third-order valence-corrected chi connectivity index (χ3v) is 7.30. The van der Waals surface area contributed by atoms with Crippen LogP contribution in [0.2, 0.25) is 0 Å². The lowest BCUT2D eigenvalue weighted by Gasteiger charge is -2.09. The fourth-order valence-corrected chi connectivity index (χ4v) is 5.68. The van der Waals surface area contributed by atoms with Gasteiger partial charge in [-0.25, -0.2) is 4.98 Å². The lowest BCUT2D eigenvalue weighted by Crippen LogP contribution is -2.20. The molecule has 0 aliphatic heterocycles. The van der Waals surface area contributed by atoms with Crippen molar-refractivity contribution in [1.82, 2.24) is 24.1 Å². The highest BCUT2D eigenvalue weighted by molar-refractivity contribution is 7.99. The van der Waals surface area contributed by atoms with Crippen molar-refractivity contribution in [2.45, 2.75) is 25.9 Å². The number of thioether (sulfide) groups is 1. The van der Waals surface area contributed by atoms with Gasteiger partial charge in [0.1, 0.15) is 0 Å². The van der Waals surface area contributed by atoms with Crippen LogP contribution in [0, 0.1) is 20.8 Å². The Morgan fingerprint density at radius 2 is 1.85 bits per heavy atom. The van der Waals surface area contributed by atoms with Crippen molar-refractivity contribution >= 4 is 50.8 Å². The summed E-state index contributed by atoms with van der Waals surface area (Å²) in [6.45, 7) is 6.23. The first-order valence-corrected chi connectivity index (χ1v) is 12.5. The number of hydrogen-bond acceptors (Lipinski definition) is 7. The number of amides is 1. The van der Waals surface area contributed by atoms with Gasteiger partial charge in [-0.1, -0.05) is 41.6 Å². The van der Waals surface area contributed by atoms with Crippen LogP contribution in [-0.2, 0) is 11.8 Å². The topological polar surface area (TPSA) is 94.2 Å². The van der Waals surface area contributed by atoms with Crippen molar-refractivity contribution in [2.24, 2.45) is 7.05 Å². The summed E-state index contributed by atoms with van der Waals surface area (Å²) >= 11 is 2.66. The van der Waals surface area contributed by atoms with Gasteiger partial charge in [-0.15, -0.1) is 21.5 Å². The van der Waals surface area contributed by atoms with E-state index in [4.69, 9.17) is 0 Å². The van der Waals surface area contributed by atoms with Crippen LogP contribution in [-0.4, -0.2) is 35.8 Å². The Balaban J connectivity index is 1.35. The summed E-state index contributed by atoms with van der Waals surface area (Å²) in [7, 11) is 1.66. The smallest absolute Gasteiger partial charge is 0.262 e. The minimum atomic E-state index is -0.186.